The number of para-hydroxylation sites is 1. The van der Waals surface area contributed by atoms with Crippen LogP contribution < -0.4 is 10.6 Å². The molecule has 0 aliphatic heterocycles. The zero-order valence-corrected chi connectivity index (χ0v) is 11.4. The molecule has 0 atom stereocenters. The standard InChI is InChI=1S/C14H12ClN2S/c1-10-7-8-11(15)9-13(10)17-14(18)16-12-5-3-2-4-6-12/h2-9H,1H3,(H,17,18). The highest BCUT2D eigenvalue weighted by Crippen LogP contribution is 2.20. The van der Waals surface area contributed by atoms with Gasteiger partial charge in [0, 0.05) is 10.7 Å². The molecule has 2 rings (SSSR count). The molecule has 18 heavy (non-hydrogen) atoms. The van der Waals surface area contributed by atoms with Crippen molar-refractivity contribution in [3.63, 3.8) is 0 Å². The van der Waals surface area contributed by atoms with Gasteiger partial charge in [-0.3, -0.25) is 0 Å². The van der Waals surface area contributed by atoms with Crippen LogP contribution in [0.4, 0.5) is 11.4 Å². The normalized spacial score (nSPS) is 9.89. The van der Waals surface area contributed by atoms with E-state index in [1.54, 1.807) is 0 Å². The average Bonchev–Trinajstić information content (AvgIpc) is 2.35. The maximum atomic E-state index is 5.95. The predicted octanol–water partition coefficient (Wildman–Crippen LogP) is 4.28. The van der Waals surface area contributed by atoms with Gasteiger partial charge in [0.1, 0.15) is 0 Å². The number of benzene rings is 2. The van der Waals surface area contributed by atoms with Crippen LogP contribution in [0.25, 0.3) is 0 Å². The fourth-order valence-electron chi connectivity index (χ4n) is 1.49. The number of rotatable bonds is 2. The Bertz CT molecular complexity index is 555. The zero-order chi connectivity index (χ0) is 13.0. The third-order valence-electron chi connectivity index (χ3n) is 2.43. The van der Waals surface area contributed by atoms with E-state index < -0.39 is 0 Å². The Morgan fingerprint density at radius 2 is 1.89 bits per heavy atom. The summed E-state index contributed by atoms with van der Waals surface area (Å²) < 4.78 is 0. The number of anilines is 1. The lowest BCUT2D eigenvalue weighted by Gasteiger charge is -2.10. The summed E-state index contributed by atoms with van der Waals surface area (Å²) in [6.45, 7) is 1.99. The molecule has 0 saturated heterocycles. The highest BCUT2D eigenvalue weighted by atomic mass is 35.5. The Morgan fingerprint density at radius 1 is 1.17 bits per heavy atom. The highest BCUT2D eigenvalue weighted by Gasteiger charge is 2.03. The Labute approximate surface area is 117 Å². The molecule has 2 aromatic rings. The molecule has 0 aliphatic rings. The molecule has 91 valence electrons. The van der Waals surface area contributed by atoms with Gasteiger partial charge in [0.25, 0.3) is 0 Å². The number of thiocarbonyl (C=S) groups is 1. The first-order chi connectivity index (χ1) is 8.65. The van der Waals surface area contributed by atoms with Gasteiger partial charge in [0.2, 0.25) is 0 Å². The van der Waals surface area contributed by atoms with Crippen molar-refractivity contribution >= 4 is 40.3 Å². The summed E-state index contributed by atoms with van der Waals surface area (Å²) in [5.74, 6) is 0. The fourth-order valence-corrected chi connectivity index (χ4v) is 1.88. The van der Waals surface area contributed by atoms with Crippen molar-refractivity contribution in [1.82, 2.24) is 5.32 Å². The van der Waals surface area contributed by atoms with E-state index >= 15 is 0 Å². The van der Waals surface area contributed by atoms with Gasteiger partial charge >= 0.3 is 0 Å². The lowest BCUT2D eigenvalue weighted by atomic mass is 10.2. The molecule has 2 nitrogen and oxygen atoms in total. The van der Waals surface area contributed by atoms with Crippen LogP contribution in [0.1, 0.15) is 5.56 Å². The van der Waals surface area contributed by atoms with Crippen molar-refractivity contribution in [2.45, 2.75) is 6.92 Å². The first-order valence-corrected chi connectivity index (χ1v) is 6.28. The summed E-state index contributed by atoms with van der Waals surface area (Å²) in [6.07, 6.45) is 0. The Hall–Kier alpha value is -1.58. The Balaban J connectivity index is 2.05. The summed E-state index contributed by atoms with van der Waals surface area (Å²) in [5, 5.41) is 8.48. The minimum Gasteiger partial charge on any atom is -0.331 e. The largest absolute Gasteiger partial charge is 0.331 e. The number of aryl methyl sites for hydroxylation is 1. The van der Waals surface area contributed by atoms with E-state index in [0.29, 0.717) is 10.1 Å². The van der Waals surface area contributed by atoms with E-state index in [9.17, 15) is 0 Å². The molecule has 1 N–H and O–H groups in total. The second-order valence-corrected chi connectivity index (χ2v) is 4.66. The second-order valence-electron chi connectivity index (χ2n) is 3.84. The zero-order valence-electron chi connectivity index (χ0n) is 9.85. The summed E-state index contributed by atoms with van der Waals surface area (Å²) in [4.78, 5) is 0. The summed E-state index contributed by atoms with van der Waals surface area (Å²) >= 11 is 11.1. The van der Waals surface area contributed by atoms with Crippen LogP contribution in [-0.4, -0.2) is 5.11 Å². The number of nitrogens with one attached hydrogen (secondary N) is 1. The molecule has 0 amide bonds. The number of halogens is 1. The topological polar surface area (TPSA) is 26.1 Å². The fraction of sp³-hybridized carbons (Fsp3) is 0.0714. The van der Waals surface area contributed by atoms with Gasteiger partial charge in [0.15, 0.2) is 5.11 Å². The number of hydrogen-bond donors (Lipinski definition) is 1. The van der Waals surface area contributed by atoms with Crippen molar-refractivity contribution in [1.29, 1.82) is 0 Å². The van der Waals surface area contributed by atoms with E-state index in [1.165, 1.54) is 0 Å². The van der Waals surface area contributed by atoms with Gasteiger partial charge in [-0.25, -0.2) is 5.32 Å². The van der Waals surface area contributed by atoms with Crippen molar-refractivity contribution in [3.05, 3.63) is 59.1 Å². The third-order valence-corrected chi connectivity index (χ3v) is 2.86. The van der Waals surface area contributed by atoms with Crippen molar-refractivity contribution in [2.75, 3.05) is 5.32 Å². The lowest BCUT2D eigenvalue weighted by Crippen LogP contribution is -2.18. The average molecular weight is 276 g/mol. The maximum Gasteiger partial charge on any atom is 0.197 e. The summed E-state index contributed by atoms with van der Waals surface area (Å²) in [6, 6.07) is 15.2. The quantitative estimate of drug-likeness (QED) is 0.828. The molecule has 0 aromatic heterocycles. The van der Waals surface area contributed by atoms with E-state index in [-0.39, 0.29) is 0 Å². The van der Waals surface area contributed by atoms with Crippen LogP contribution in [0.5, 0.6) is 0 Å². The predicted molar refractivity (Wildman–Crippen MR) is 80.6 cm³/mol. The lowest BCUT2D eigenvalue weighted by molar-refractivity contribution is 1.27. The van der Waals surface area contributed by atoms with E-state index in [4.69, 9.17) is 23.8 Å². The Morgan fingerprint density at radius 3 is 2.61 bits per heavy atom. The number of hydrogen-bond acceptors (Lipinski definition) is 1. The Kier molecular flexibility index (Phi) is 4.18. The molecule has 0 heterocycles. The van der Waals surface area contributed by atoms with Crippen LogP contribution >= 0.6 is 23.8 Å². The van der Waals surface area contributed by atoms with Crippen molar-refractivity contribution < 1.29 is 0 Å². The number of nitrogens with zero attached hydrogens (tertiary/aromatic N) is 1. The molecule has 4 heteroatoms. The third kappa shape index (κ3) is 3.45. The van der Waals surface area contributed by atoms with Crippen molar-refractivity contribution in [3.8, 4) is 0 Å². The second kappa shape index (κ2) is 5.85. The molecule has 0 fully saturated rings. The van der Waals surface area contributed by atoms with Gasteiger partial charge in [-0.1, -0.05) is 35.9 Å². The smallest absolute Gasteiger partial charge is 0.197 e. The van der Waals surface area contributed by atoms with Gasteiger partial charge < -0.3 is 5.32 Å². The molecule has 0 unspecified atom stereocenters. The minimum absolute atomic E-state index is 0.423. The van der Waals surface area contributed by atoms with Gasteiger partial charge in [-0.15, -0.1) is 0 Å². The van der Waals surface area contributed by atoms with Crippen molar-refractivity contribution in [2.24, 2.45) is 0 Å². The SMILES string of the molecule is Cc1ccc(Cl)cc1NC(=S)[N]c1ccccc1. The van der Waals surface area contributed by atoms with Gasteiger partial charge in [-0.2, -0.15) is 0 Å². The molecule has 0 saturated carbocycles. The molecule has 1 radical (unpaired) electrons. The van der Waals surface area contributed by atoms with Crippen LogP contribution in [0.2, 0.25) is 5.02 Å². The highest BCUT2D eigenvalue weighted by molar-refractivity contribution is 7.80. The van der Waals surface area contributed by atoms with Gasteiger partial charge in [0.05, 0.1) is 5.69 Å². The molecule has 0 spiro atoms. The minimum atomic E-state index is 0.423. The van der Waals surface area contributed by atoms with E-state index in [1.807, 2.05) is 55.5 Å². The van der Waals surface area contributed by atoms with Crippen LogP contribution in [0.15, 0.2) is 48.5 Å². The summed E-state index contributed by atoms with van der Waals surface area (Å²) in [7, 11) is 0. The maximum absolute atomic E-state index is 5.95. The molecular weight excluding hydrogens is 264 g/mol. The molecule has 2 aromatic carbocycles. The first kappa shape index (κ1) is 12.9. The molecule has 0 aliphatic carbocycles. The van der Waals surface area contributed by atoms with Crippen LogP contribution in [-0.2, 0) is 0 Å². The van der Waals surface area contributed by atoms with Gasteiger partial charge in [-0.05, 0) is 49.0 Å². The molecular formula is C14H12ClN2S. The van der Waals surface area contributed by atoms with Crippen LogP contribution in [0.3, 0.4) is 0 Å². The van der Waals surface area contributed by atoms with Crippen LogP contribution in [0, 0.1) is 6.92 Å². The molecule has 0 bridgehead atoms. The van der Waals surface area contributed by atoms with E-state index in [0.717, 1.165) is 16.9 Å². The monoisotopic (exact) mass is 275 g/mol. The van der Waals surface area contributed by atoms with E-state index in [2.05, 4.69) is 10.6 Å². The first-order valence-electron chi connectivity index (χ1n) is 5.49. The summed E-state index contributed by atoms with van der Waals surface area (Å²) in [5.41, 5.74) is 2.78.